The van der Waals surface area contributed by atoms with Gasteiger partial charge < -0.3 is 10.6 Å². The number of rotatable bonds is 5. The normalized spacial score (nSPS) is 24.5. The van der Waals surface area contributed by atoms with Crippen molar-refractivity contribution in [3.8, 4) is 0 Å². The number of piperidine rings is 1. The van der Waals surface area contributed by atoms with Gasteiger partial charge in [0.15, 0.2) is 0 Å². The first-order valence-electron chi connectivity index (χ1n) is 7.87. The first-order valence-corrected chi connectivity index (χ1v) is 7.87. The number of hydrogen-bond donors (Lipinski definition) is 2. The van der Waals surface area contributed by atoms with Crippen molar-refractivity contribution < 1.29 is 4.79 Å². The smallest absolute Gasteiger partial charge is 0.237 e. The van der Waals surface area contributed by atoms with Crippen LogP contribution >= 0.6 is 12.4 Å². The summed E-state index contributed by atoms with van der Waals surface area (Å²) in [6, 6.07) is 0.0773. The van der Waals surface area contributed by atoms with Gasteiger partial charge in [-0.3, -0.25) is 4.79 Å². The maximum Gasteiger partial charge on any atom is 0.237 e. The van der Waals surface area contributed by atoms with Crippen LogP contribution < -0.4 is 10.6 Å². The molecule has 2 aliphatic rings. The highest BCUT2D eigenvalue weighted by molar-refractivity contribution is 5.85. The van der Waals surface area contributed by atoms with Crippen molar-refractivity contribution in [2.45, 2.75) is 70.3 Å². The molecule has 0 bridgehead atoms. The van der Waals surface area contributed by atoms with Crippen molar-refractivity contribution in [1.82, 2.24) is 10.6 Å². The highest BCUT2D eigenvalue weighted by atomic mass is 35.5. The van der Waals surface area contributed by atoms with E-state index in [4.69, 9.17) is 0 Å². The molecule has 1 aliphatic carbocycles. The fourth-order valence-electron chi connectivity index (χ4n) is 3.28. The van der Waals surface area contributed by atoms with Gasteiger partial charge in [0.05, 0.1) is 6.04 Å². The lowest BCUT2D eigenvalue weighted by molar-refractivity contribution is -0.123. The highest BCUT2D eigenvalue weighted by Crippen LogP contribution is 2.26. The minimum Gasteiger partial charge on any atom is -0.355 e. The van der Waals surface area contributed by atoms with E-state index in [1.54, 1.807) is 0 Å². The van der Waals surface area contributed by atoms with Crippen molar-refractivity contribution in [1.29, 1.82) is 0 Å². The zero-order valence-corrected chi connectivity index (χ0v) is 12.8. The third kappa shape index (κ3) is 6.13. The van der Waals surface area contributed by atoms with Gasteiger partial charge in [0.25, 0.3) is 0 Å². The van der Waals surface area contributed by atoms with Gasteiger partial charge in [-0.15, -0.1) is 12.4 Å². The van der Waals surface area contributed by atoms with E-state index < -0.39 is 0 Å². The van der Waals surface area contributed by atoms with Gasteiger partial charge in [-0.2, -0.15) is 0 Å². The molecule has 1 saturated heterocycles. The fraction of sp³-hybridized carbons (Fsp3) is 0.933. The third-order valence-electron chi connectivity index (χ3n) is 4.44. The van der Waals surface area contributed by atoms with E-state index >= 15 is 0 Å². The van der Waals surface area contributed by atoms with Gasteiger partial charge in [0, 0.05) is 6.54 Å². The number of amides is 1. The molecule has 2 N–H and O–H groups in total. The van der Waals surface area contributed by atoms with Gasteiger partial charge in [-0.1, -0.05) is 38.5 Å². The SMILES string of the molecule is Cl.O=C(NCCCC1CCCCC1)C1CCCCN1. The predicted octanol–water partition coefficient (Wildman–Crippen LogP) is 3.03. The molecule has 0 radical (unpaired) electrons. The first-order chi connectivity index (χ1) is 8.86. The lowest BCUT2D eigenvalue weighted by Gasteiger charge is -2.23. The van der Waals surface area contributed by atoms with E-state index in [2.05, 4.69) is 10.6 Å². The summed E-state index contributed by atoms with van der Waals surface area (Å²) < 4.78 is 0. The second kappa shape index (κ2) is 9.60. The Balaban J connectivity index is 0.00000180. The van der Waals surface area contributed by atoms with Crippen molar-refractivity contribution in [3.05, 3.63) is 0 Å². The van der Waals surface area contributed by atoms with E-state index in [1.165, 1.54) is 51.4 Å². The molecular weight excluding hydrogens is 260 g/mol. The Morgan fingerprint density at radius 3 is 2.47 bits per heavy atom. The minimum atomic E-state index is 0. The van der Waals surface area contributed by atoms with Crippen LogP contribution in [0.2, 0.25) is 0 Å². The maximum atomic E-state index is 11.9. The van der Waals surface area contributed by atoms with Crippen LogP contribution in [0.15, 0.2) is 0 Å². The largest absolute Gasteiger partial charge is 0.355 e. The Bertz CT molecular complexity index is 249. The van der Waals surface area contributed by atoms with Crippen LogP contribution in [-0.4, -0.2) is 25.0 Å². The maximum absolute atomic E-state index is 11.9. The Hall–Kier alpha value is -0.280. The average molecular weight is 289 g/mol. The molecule has 1 unspecified atom stereocenters. The molecule has 1 amide bonds. The monoisotopic (exact) mass is 288 g/mol. The van der Waals surface area contributed by atoms with Gasteiger partial charge >= 0.3 is 0 Å². The van der Waals surface area contributed by atoms with Crippen LogP contribution in [0.1, 0.15) is 64.2 Å². The quantitative estimate of drug-likeness (QED) is 0.764. The number of nitrogens with one attached hydrogen (secondary N) is 2. The highest BCUT2D eigenvalue weighted by Gasteiger charge is 2.20. The molecule has 0 aromatic carbocycles. The molecule has 0 aromatic heterocycles. The van der Waals surface area contributed by atoms with E-state index in [9.17, 15) is 4.79 Å². The molecular formula is C15H29ClN2O. The minimum absolute atomic E-state index is 0. The zero-order valence-electron chi connectivity index (χ0n) is 12.0. The second-order valence-corrected chi connectivity index (χ2v) is 5.94. The number of carbonyl (C=O) groups is 1. The van der Waals surface area contributed by atoms with Crippen LogP contribution in [0.25, 0.3) is 0 Å². The summed E-state index contributed by atoms with van der Waals surface area (Å²) in [4.78, 5) is 11.9. The molecule has 0 aromatic rings. The van der Waals surface area contributed by atoms with Crippen molar-refractivity contribution in [2.24, 2.45) is 5.92 Å². The molecule has 1 aliphatic heterocycles. The van der Waals surface area contributed by atoms with Crippen molar-refractivity contribution >= 4 is 18.3 Å². The van der Waals surface area contributed by atoms with Gasteiger partial charge in [-0.05, 0) is 38.1 Å². The van der Waals surface area contributed by atoms with Crippen LogP contribution in [-0.2, 0) is 4.79 Å². The summed E-state index contributed by atoms with van der Waals surface area (Å²) in [5.41, 5.74) is 0. The number of halogens is 1. The van der Waals surface area contributed by atoms with Crippen molar-refractivity contribution in [2.75, 3.05) is 13.1 Å². The standard InChI is InChI=1S/C15H28N2O.ClH/c18-15(14-10-4-5-11-16-14)17-12-6-9-13-7-2-1-3-8-13;/h13-14,16H,1-12H2,(H,17,18);1H. The molecule has 2 rings (SSSR count). The van der Waals surface area contributed by atoms with Gasteiger partial charge in [0.1, 0.15) is 0 Å². The molecule has 19 heavy (non-hydrogen) atoms. The molecule has 4 heteroatoms. The van der Waals surface area contributed by atoms with Crippen molar-refractivity contribution in [3.63, 3.8) is 0 Å². The summed E-state index contributed by atoms with van der Waals surface area (Å²) >= 11 is 0. The summed E-state index contributed by atoms with van der Waals surface area (Å²) in [6.45, 7) is 1.87. The van der Waals surface area contributed by atoms with E-state index in [0.29, 0.717) is 0 Å². The molecule has 1 atom stereocenters. The molecule has 112 valence electrons. The Morgan fingerprint density at radius 2 is 1.79 bits per heavy atom. The summed E-state index contributed by atoms with van der Waals surface area (Å²) in [6.07, 6.45) is 13.0. The predicted molar refractivity (Wildman–Crippen MR) is 81.7 cm³/mol. The zero-order chi connectivity index (χ0) is 12.6. The fourth-order valence-corrected chi connectivity index (χ4v) is 3.28. The summed E-state index contributed by atoms with van der Waals surface area (Å²) in [5, 5.41) is 6.39. The third-order valence-corrected chi connectivity index (χ3v) is 4.44. The molecule has 0 spiro atoms. The van der Waals surface area contributed by atoms with Crippen LogP contribution in [0.5, 0.6) is 0 Å². The van der Waals surface area contributed by atoms with Crippen LogP contribution in [0, 0.1) is 5.92 Å². The Kier molecular flexibility index (Phi) is 8.47. The van der Waals surface area contributed by atoms with E-state index in [1.807, 2.05) is 0 Å². The molecule has 2 fully saturated rings. The summed E-state index contributed by atoms with van der Waals surface area (Å²) in [7, 11) is 0. The number of carbonyl (C=O) groups excluding carboxylic acids is 1. The van der Waals surface area contributed by atoms with Crippen LogP contribution in [0.3, 0.4) is 0 Å². The number of hydrogen-bond acceptors (Lipinski definition) is 2. The van der Waals surface area contributed by atoms with Crippen LogP contribution in [0.4, 0.5) is 0 Å². The van der Waals surface area contributed by atoms with E-state index in [0.717, 1.165) is 31.8 Å². The first kappa shape index (κ1) is 16.8. The lowest BCUT2D eigenvalue weighted by atomic mass is 9.86. The Morgan fingerprint density at radius 1 is 1.05 bits per heavy atom. The Labute approximate surface area is 123 Å². The van der Waals surface area contributed by atoms with Gasteiger partial charge in [0.2, 0.25) is 5.91 Å². The second-order valence-electron chi connectivity index (χ2n) is 5.94. The molecule has 3 nitrogen and oxygen atoms in total. The van der Waals surface area contributed by atoms with Gasteiger partial charge in [-0.25, -0.2) is 0 Å². The molecule has 1 saturated carbocycles. The molecule has 1 heterocycles. The summed E-state index contributed by atoms with van der Waals surface area (Å²) in [5.74, 6) is 1.15. The average Bonchev–Trinajstić information content (AvgIpc) is 2.45. The topological polar surface area (TPSA) is 41.1 Å². The lowest BCUT2D eigenvalue weighted by Crippen LogP contribution is -2.46. The van der Waals surface area contributed by atoms with E-state index in [-0.39, 0.29) is 24.4 Å².